The molecule has 170 valence electrons. The van der Waals surface area contributed by atoms with Crippen LogP contribution in [0.25, 0.3) is 5.69 Å². The van der Waals surface area contributed by atoms with E-state index in [2.05, 4.69) is 10.4 Å². The van der Waals surface area contributed by atoms with Crippen LogP contribution in [0.5, 0.6) is 0 Å². The van der Waals surface area contributed by atoms with Gasteiger partial charge >= 0.3 is 12.1 Å². The maximum atomic E-state index is 12.7. The van der Waals surface area contributed by atoms with Crippen molar-refractivity contribution in [1.82, 2.24) is 20.0 Å². The summed E-state index contributed by atoms with van der Waals surface area (Å²) in [6.07, 6.45) is 3.54. The SMILES string of the molecule is CCOC(=O)N1CCC(NC(=O)COC(=O)c2nn(-c3ccccc3)c3c2CCC3)CC1. The third-order valence-corrected chi connectivity index (χ3v) is 5.84. The van der Waals surface area contributed by atoms with Crippen LogP contribution in [0.3, 0.4) is 0 Å². The number of carbonyl (C=O) groups is 3. The lowest BCUT2D eigenvalue weighted by molar-refractivity contribution is -0.125. The zero-order valence-electron chi connectivity index (χ0n) is 18.2. The van der Waals surface area contributed by atoms with Crippen molar-refractivity contribution in [2.75, 3.05) is 26.3 Å². The molecule has 1 N–H and O–H groups in total. The largest absolute Gasteiger partial charge is 0.451 e. The molecule has 0 unspecified atom stereocenters. The lowest BCUT2D eigenvalue weighted by Crippen LogP contribution is -2.47. The number of hydrogen-bond acceptors (Lipinski definition) is 6. The van der Waals surface area contributed by atoms with E-state index in [4.69, 9.17) is 9.47 Å². The fourth-order valence-corrected chi connectivity index (χ4v) is 4.27. The molecule has 1 saturated heterocycles. The Morgan fingerprint density at radius 2 is 1.84 bits per heavy atom. The molecular formula is C23H28N4O5. The summed E-state index contributed by atoms with van der Waals surface area (Å²) in [7, 11) is 0. The van der Waals surface area contributed by atoms with Gasteiger partial charge in [0.2, 0.25) is 0 Å². The van der Waals surface area contributed by atoms with Crippen molar-refractivity contribution in [2.24, 2.45) is 0 Å². The van der Waals surface area contributed by atoms with Crippen LogP contribution in [0.4, 0.5) is 4.79 Å². The molecule has 0 saturated carbocycles. The van der Waals surface area contributed by atoms with Crippen molar-refractivity contribution < 1.29 is 23.9 Å². The monoisotopic (exact) mass is 440 g/mol. The first-order chi connectivity index (χ1) is 15.6. The summed E-state index contributed by atoms with van der Waals surface area (Å²) < 4.78 is 12.1. The Kier molecular flexibility index (Phi) is 6.72. The average molecular weight is 441 g/mol. The summed E-state index contributed by atoms with van der Waals surface area (Å²) >= 11 is 0. The first kappa shape index (κ1) is 21.9. The average Bonchev–Trinajstić information content (AvgIpc) is 3.42. The van der Waals surface area contributed by atoms with E-state index in [0.717, 1.165) is 36.2 Å². The number of nitrogens with one attached hydrogen (secondary N) is 1. The molecule has 2 aliphatic rings. The number of amides is 2. The van der Waals surface area contributed by atoms with E-state index >= 15 is 0 Å². The molecule has 2 aromatic rings. The quantitative estimate of drug-likeness (QED) is 0.691. The summed E-state index contributed by atoms with van der Waals surface area (Å²) in [5.74, 6) is -0.933. The highest BCUT2D eigenvalue weighted by molar-refractivity contribution is 5.91. The minimum absolute atomic E-state index is 0.0617. The highest BCUT2D eigenvalue weighted by Crippen LogP contribution is 2.28. The standard InChI is InChI=1S/C23H28N4O5/c1-2-31-23(30)26-13-11-16(12-14-26)24-20(28)15-32-22(29)21-18-9-6-10-19(18)27(25-21)17-7-4-3-5-8-17/h3-5,7-8,16H,2,6,9-15H2,1H3,(H,24,28). The van der Waals surface area contributed by atoms with Crippen LogP contribution in [-0.2, 0) is 27.1 Å². The Balaban J connectivity index is 1.30. The molecule has 32 heavy (non-hydrogen) atoms. The number of likely N-dealkylation sites (tertiary alicyclic amines) is 1. The molecule has 0 radical (unpaired) electrons. The minimum atomic E-state index is -0.579. The second kappa shape index (κ2) is 9.84. The van der Waals surface area contributed by atoms with Gasteiger partial charge in [-0.3, -0.25) is 4.79 Å². The molecule has 1 aliphatic heterocycles. The zero-order valence-corrected chi connectivity index (χ0v) is 18.2. The fraction of sp³-hybridized carbons (Fsp3) is 0.478. The topological polar surface area (TPSA) is 103 Å². The maximum Gasteiger partial charge on any atom is 0.409 e. The Hall–Kier alpha value is -3.36. The van der Waals surface area contributed by atoms with Crippen molar-refractivity contribution >= 4 is 18.0 Å². The second-order valence-electron chi connectivity index (χ2n) is 7.98. The number of benzene rings is 1. The van der Waals surface area contributed by atoms with Gasteiger partial charge in [-0.25, -0.2) is 14.3 Å². The molecule has 0 bridgehead atoms. The summed E-state index contributed by atoms with van der Waals surface area (Å²) in [5, 5.41) is 7.38. The van der Waals surface area contributed by atoms with Gasteiger partial charge in [-0.2, -0.15) is 5.10 Å². The van der Waals surface area contributed by atoms with Crippen molar-refractivity contribution in [1.29, 1.82) is 0 Å². The number of carbonyl (C=O) groups excluding carboxylic acids is 3. The van der Waals surface area contributed by atoms with Crippen LogP contribution in [0, 0.1) is 0 Å². The molecule has 4 rings (SSSR count). The molecule has 0 atom stereocenters. The third kappa shape index (κ3) is 4.76. The number of hydrogen-bond donors (Lipinski definition) is 1. The number of para-hydroxylation sites is 1. The molecule has 1 fully saturated rings. The van der Waals surface area contributed by atoms with Gasteiger partial charge in [-0.05, 0) is 51.2 Å². The molecule has 9 nitrogen and oxygen atoms in total. The number of fused-ring (bicyclic) bond motifs is 1. The number of esters is 1. The molecule has 1 aliphatic carbocycles. The van der Waals surface area contributed by atoms with E-state index in [1.807, 2.05) is 30.3 Å². The number of piperidine rings is 1. The molecule has 1 aromatic carbocycles. The van der Waals surface area contributed by atoms with E-state index in [1.165, 1.54) is 0 Å². The Morgan fingerprint density at radius 1 is 1.09 bits per heavy atom. The highest BCUT2D eigenvalue weighted by atomic mass is 16.6. The number of nitrogens with zero attached hydrogens (tertiary/aromatic N) is 3. The molecule has 2 heterocycles. The van der Waals surface area contributed by atoms with Crippen LogP contribution >= 0.6 is 0 Å². The first-order valence-corrected chi connectivity index (χ1v) is 11.1. The van der Waals surface area contributed by atoms with Gasteiger partial charge < -0.3 is 19.7 Å². The van der Waals surface area contributed by atoms with E-state index in [9.17, 15) is 14.4 Å². The van der Waals surface area contributed by atoms with E-state index in [-0.39, 0.29) is 30.3 Å². The van der Waals surface area contributed by atoms with Gasteiger partial charge in [0.15, 0.2) is 12.3 Å². The van der Waals surface area contributed by atoms with Crippen molar-refractivity contribution in [2.45, 2.75) is 45.1 Å². The van der Waals surface area contributed by atoms with Gasteiger partial charge in [-0.1, -0.05) is 18.2 Å². The second-order valence-corrected chi connectivity index (χ2v) is 7.98. The van der Waals surface area contributed by atoms with Gasteiger partial charge in [0.25, 0.3) is 5.91 Å². The number of aromatic nitrogens is 2. The predicted molar refractivity (Wildman–Crippen MR) is 116 cm³/mol. The molecule has 2 amide bonds. The third-order valence-electron chi connectivity index (χ3n) is 5.84. The van der Waals surface area contributed by atoms with Crippen LogP contribution in [0.15, 0.2) is 30.3 Å². The molecule has 1 aromatic heterocycles. The van der Waals surface area contributed by atoms with Crippen LogP contribution in [0.2, 0.25) is 0 Å². The smallest absolute Gasteiger partial charge is 0.409 e. The van der Waals surface area contributed by atoms with Gasteiger partial charge in [0.1, 0.15) is 0 Å². The fourth-order valence-electron chi connectivity index (χ4n) is 4.27. The van der Waals surface area contributed by atoms with Crippen molar-refractivity contribution in [3.63, 3.8) is 0 Å². The van der Waals surface area contributed by atoms with Gasteiger partial charge in [0, 0.05) is 30.4 Å². The van der Waals surface area contributed by atoms with Crippen molar-refractivity contribution in [3.05, 3.63) is 47.3 Å². The Morgan fingerprint density at radius 3 is 2.56 bits per heavy atom. The van der Waals surface area contributed by atoms with Crippen LogP contribution < -0.4 is 5.32 Å². The van der Waals surface area contributed by atoms with E-state index in [1.54, 1.807) is 16.5 Å². The highest BCUT2D eigenvalue weighted by Gasteiger charge is 2.29. The number of rotatable bonds is 6. The van der Waals surface area contributed by atoms with Crippen LogP contribution in [-0.4, -0.2) is 65.0 Å². The van der Waals surface area contributed by atoms with Crippen molar-refractivity contribution in [3.8, 4) is 5.69 Å². The Bertz CT molecular complexity index is 980. The first-order valence-electron chi connectivity index (χ1n) is 11.1. The summed E-state index contributed by atoms with van der Waals surface area (Å²) in [4.78, 5) is 38.4. The molecular weight excluding hydrogens is 412 g/mol. The summed E-state index contributed by atoms with van der Waals surface area (Å²) in [5.41, 5.74) is 3.13. The van der Waals surface area contributed by atoms with E-state index in [0.29, 0.717) is 32.5 Å². The normalized spacial score (nSPS) is 15.8. The minimum Gasteiger partial charge on any atom is -0.451 e. The lowest BCUT2D eigenvalue weighted by Gasteiger charge is -2.31. The maximum absolute atomic E-state index is 12.7. The molecule has 9 heteroatoms. The lowest BCUT2D eigenvalue weighted by atomic mass is 10.1. The van der Waals surface area contributed by atoms with Gasteiger partial charge in [0.05, 0.1) is 12.3 Å². The Labute approximate surface area is 186 Å². The van der Waals surface area contributed by atoms with E-state index < -0.39 is 5.97 Å². The number of ether oxygens (including phenoxy) is 2. The van der Waals surface area contributed by atoms with Gasteiger partial charge in [-0.15, -0.1) is 0 Å². The summed E-state index contributed by atoms with van der Waals surface area (Å²) in [6.45, 7) is 2.80. The summed E-state index contributed by atoms with van der Waals surface area (Å²) in [6, 6.07) is 9.62. The van der Waals surface area contributed by atoms with Crippen LogP contribution in [0.1, 0.15) is 47.9 Å². The molecule has 0 spiro atoms. The zero-order chi connectivity index (χ0) is 22.5. The predicted octanol–water partition coefficient (Wildman–Crippen LogP) is 2.25.